The first-order chi connectivity index (χ1) is 12.6. The summed E-state index contributed by atoms with van der Waals surface area (Å²) in [6, 6.07) is -0.00588. The van der Waals surface area contributed by atoms with E-state index < -0.39 is 28.2 Å². The fraction of sp³-hybridized carbons (Fsp3) is 0.688. The minimum atomic E-state index is -3.58. The van der Waals surface area contributed by atoms with E-state index in [-0.39, 0.29) is 28.7 Å². The number of hydrogen-bond acceptors (Lipinski definition) is 9. The van der Waals surface area contributed by atoms with Gasteiger partial charge in [0, 0.05) is 12.3 Å². The highest BCUT2D eigenvalue weighted by atomic mass is 32.2. The smallest absolute Gasteiger partial charge is 0.242 e. The number of aliphatic hydroxyl groups excluding tert-OH is 1. The molecule has 0 radical (unpaired) electrons. The number of methoxy groups -OCH3 is 1. The van der Waals surface area contributed by atoms with Gasteiger partial charge in [0.15, 0.2) is 21.2 Å². The van der Waals surface area contributed by atoms with E-state index in [1.165, 1.54) is 13.2 Å². The number of carbonyl (C=O) groups is 1. The van der Waals surface area contributed by atoms with Gasteiger partial charge in [0.25, 0.3) is 0 Å². The number of aliphatic hydroxyl groups is 1. The zero-order valence-corrected chi connectivity index (χ0v) is 16.6. The van der Waals surface area contributed by atoms with Crippen LogP contribution in [0.25, 0.3) is 0 Å². The first-order valence-corrected chi connectivity index (χ1v) is 10.5. The minimum absolute atomic E-state index is 0.0289. The number of aromatic nitrogens is 2. The number of rotatable bonds is 8. The first-order valence-electron chi connectivity index (χ1n) is 8.60. The summed E-state index contributed by atoms with van der Waals surface area (Å²) in [7, 11) is -2.23. The lowest BCUT2D eigenvalue weighted by molar-refractivity contribution is -0.126. The average molecular weight is 402 g/mol. The maximum atomic E-state index is 12.7. The van der Waals surface area contributed by atoms with Gasteiger partial charge in [-0.2, -0.15) is 4.98 Å². The summed E-state index contributed by atoms with van der Waals surface area (Å²) in [5.74, 6) is -0.154. The Morgan fingerprint density at radius 3 is 2.67 bits per heavy atom. The summed E-state index contributed by atoms with van der Waals surface area (Å²) in [6.07, 6.45) is 0.941. The Bertz CT molecular complexity index is 770. The topological polar surface area (TPSA) is 140 Å². The van der Waals surface area contributed by atoms with Crippen LogP contribution in [0.15, 0.2) is 11.1 Å². The van der Waals surface area contributed by atoms with Crippen molar-refractivity contribution in [3.8, 4) is 5.88 Å². The molecule has 1 saturated heterocycles. The highest BCUT2D eigenvalue weighted by Crippen LogP contribution is 2.19. The molecule has 0 spiro atoms. The quantitative estimate of drug-likeness (QED) is 0.510. The molecule has 1 aliphatic rings. The van der Waals surface area contributed by atoms with Crippen LogP contribution in [0.5, 0.6) is 5.88 Å². The minimum Gasteiger partial charge on any atom is -0.481 e. The van der Waals surface area contributed by atoms with Crippen molar-refractivity contribution in [2.24, 2.45) is 5.92 Å². The van der Waals surface area contributed by atoms with Gasteiger partial charge >= 0.3 is 0 Å². The van der Waals surface area contributed by atoms with Gasteiger partial charge in [0.05, 0.1) is 19.8 Å². The lowest BCUT2D eigenvalue weighted by Crippen LogP contribution is -2.48. The molecule has 0 aromatic carbocycles. The van der Waals surface area contributed by atoms with Gasteiger partial charge in [0.1, 0.15) is 6.04 Å². The van der Waals surface area contributed by atoms with E-state index in [1.807, 2.05) is 13.8 Å². The SMILES string of the molecule is COc1cc(S(C)(=O)=O)nc(NC(CC(C)C)C(=O)NC2CCOC2O)n1. The number of amides is 1. The van der Waals surface area contributed by atoms with Crippen molar-refractivity contribution in [3.63, 3.8) is 0 Å². The lowest BCUT2D eigenvalue weighted by atomic mass is 10.0. The van der Waals surface area contributed by atoms with Crippen LogP contribution >= 0.6 is 0 Å². The number of nitrogens with one attached hydrogen (secondary N) is 2. The molecule has 2 heterocycles. The van der Waals surface area contributed by atoms with Crippen LogP contribution in [0.4, 0.5) is 5.95 Å². The number of ether oxygens (including phenoxy) is 2. The zero-order chi connectivity index (χ0) is 20.2. The predicted octanol–water partition coefficient (Wildman–Crippen LogP) is -0.0612. The predicted molar refractivity (Wildman–Crippen MR) is 97.1 cm³/mol. The van der Waals surface area contributed by atoms with Gasteiger partial charge < -0.3 is 25.2 Å². The van der Waals surface area contributed by atoms with E-state index in [2.05, 4.69) is 20.6 Å². The molecule has 1 aromatic rings. The molecule has 0 bridgehead atoms. The van der Waals surface area contributed by atoms with Gasteiger partial charge in [-0.1, -0.05) is 13.8 Å². The summed E-state index contributed by atoms with van der Waals surface area (Å²) < 4.78 is 33.7. The van der Waals surface area contributed by atoms with Crippen molar-refractivity contribution in [3.05, 3.63) is 6.07 Å². The molecule has 2 rings (SSSR count). The molecule has 1 fully saturated rings. The van der Waals surface area contributed by atoms with E-state index in [9.17, 15) is 18.3 Å². The Kier molecular flexibility index (Phi) is 6.95. The maximum absolute atomic E-state index is 12.7. The van der Waals surface area contributed by atoms with Gasteiger partial charge in [-0.15, -0.1) is 0 Å². The zero-order valence-electron chi connectivity index (χ0n) is 15.8. The fourth-order valence-electron chi connectivity index (χ4n) is 2.62. The van der Waals surface area contributed by atoms with E-state index in [4.69, 9.17) is 9.47 Å². The molecule has 10 nitrogen and oxygen atoms in total. The molecule has 0 aliphatic carbocycles. The Morgan fingerprint density at radius 1 is 1.44 bits per heavy atom. The summed E-state index contributed by atoms with van der Waals surface area (Å²) in [5, 5.41) is 15.1. The Morgan fingerprint density at radius 2 is 2.15 bits per heavy atom. The maximum Gasteiger partial charge on any atom is 0.242 e. The van der Waals surface area contributed by atoms with Crippen molar-refractivity contribution in [1.82, 2.24) is 15.3 Å². The van der Waals surface area contributed by atoms with Crippen molar-refractivity contribution in [1.29, 1.82) is 0 Å². The molecule has 1 aromatic heterocycles. The van der Waals surface area contributed by atoms with Crippen LogP contribution in [0, 0.1) is 5.92 Å². The highest BCUT2D eigenvalue weighted by Gasteiger charge is 2.31. The number of anilines is 1. The molecule has 27 heavy (non-hydrogen) atoms. The molecule has 3 N–H and O–H groups in total. The van der Waals surface area contributed by atoms with E-state index in [1.54, 1.807) is 0 Å². The third kappa shape index (κ3) is 6.01. The number of carbonyl (C=O) groups excluding carboxylic acids is 1. The number of sulfone groups is 1. The second-order valence-electron chi connectivity index (χ2n) is 6.84. The standard InChI is InChI=1S/C16H26N4O6S/c1-9(2)7-11(14(21)17-10-5-6-26-15(10)22)18-16-19-12(25-3)8-13(20-16)27(4,23)24/h8-11,15,22H,5-7H2,1-4H3,(H,17,21)(H,18,19,20). The van der Waals surface area contributed by atoms with Crippen LogP contribution in [0.2, 0.25) is 0 Å². The lowest BCUT2D eigenvalue weighted by Gasteiger charge is -2.23. The highest BCUT2D eigenvalue weighted by molar-refractivity contribution is 7.90. The van der Waals surface area contributed by atoms with Crippen LogP contribution in [-0.2, 0) is 19.4 Å². The van der Waals surface area contributed by atoms with E-state index >= 15 is 0 Å². The van der Waals surface area contributed by atoms with Crippen molar-refractivity contribution < 1.29 is 27.8 Å². The van der Waals surface area contributed by atoms with Gasteiger partial charge in [-0.3, -0.25) is 4.79 Å². The number of nitrogens with zero attached hydrogens (tertiary/aromatic N) is 2. The van der Waals surface area contributed by atoms with Gasteiger partial charge in [0.2, 0.25) is 17.7 Å². The normalized spacial score (nSPS) is 21.1. The summed E-state index contributed by atoms with van der Waals surface area (Å²) >= 11 is 0. The summed E-state index contributed by atoms with van der Waals surface area (Å²) in [4.78, 5) is 20.7. The molecule has 1 amide bonds. The molecule has 0 saturated carbocycles. The Labute approximate surface area is 158 Å². The monoisotopic (exact) mass is 402 g/mol. The number of hydrogen-bond donors (Lipinski definition) is 3. The fourth-order valence-corrected chi connectivity index (χ4v) is 3.19. The molecular formula is C16H26N4O6S. The molecule has 3 unspecified atom stereocenters. The van der Waals surface area contributed by atoms with Crippen molar-refractivity contribution in [2.75, 3.05) is 25.3 Å². The largest absolute Gasteiger partial charge is 0.481 e. The van der Waals surface area contributed by atoms with Crippen LogP contribution < -0.4 is 15.4 Å². The van der Waals surface area contributed by atoms with E-state index in [0.717, 1.165) is 6.26 Å². The Balaban J connectivity index is 2.23. The van der Waals surface area contributed by atoms with E-state index in [0.29, 0.717) is 19.4 Å². The first kappa shape index (κ1) is 21.3. The molecule has 152 valence electrons. The van der Waals surface area contributed by atoms with Gasteiger partial charge in [-0.25, -0.2) is 13.4 Å². The molecular weight excluding hydrogens is 376 g/mol. The van der Waals surface area contributed by atoms with Crippen LogP contribution in [0.3, 0.4) is 0 Å². The summed E-state index contributed by atoms with van der Waals surface area (Å²) in [6.45, 7) is 4.26. The van der Waals surface area contributed by atoms with Crippen molar-refractivity contribution in [2.45, 2.75) is 50.1 Å². The summed E-state index contributed by atoms with van der Waals surface area (Å²) in [5.41, 5.74) is 0. The van der Waals surface area contributed by atoms with Gasteiger partial charge in [-0.05, 0) is 18.8 Å². The molecule has 11 heteroatoms. The van der Waals surface area contributed by atoms with Crippen molar-refractivity contribution >= 4 is 21.7 Å². The second-order valence-corrected chi connectivity index (χ2v) is 8.80. The molecule has 3 atom stereocenters. The second kappa shape index (κ2) is 8.81. The molecule has 1 aliphatic heterocycles. The Hall–Kier alpha value is -1.98. The third-order valence-electron chi connectivity index (χ3n) is 3.98. The van der Waals surface area contributed by atoms with Crippen LogP contribution in [0.1, 0.15) is 26.7 Å². The van der Waals surface area contributed by atoms with Crippen LogP contribution in [-0.4, -0.2) is 67.7 Å². The third-order valence-corrected chi connectivity index (χ3v) is 4.95. The average Bonchev–Trinajstić information content (AvgIpc) is 2.97.